The molecule has 2 radical (unpaired) electrons. The topological polar surface area (TPSA) is 15.6 Å². The SMILES string of the molecule is CN1[C]CN=C1Br. The van der Waals surface area contributed by atoms with E-state index in [9.17, 15) is 0 Å². The Kier molecular flexibility index (Phi) is 1.32. The zero-order valence-corrected chi connectivity index (χ0v) is 5.57. The highest BCUT2D eigenvalue weighted by Crippen LogP contribution is 2.05. The van der Waals surface area contributed by atoms with Crippen molar-refractivity contribution in [2.75, 3.05) is 13.6 Å². The zero-order chi connectivity index (χ0) is 5.28. The monoisotopic (exact) mass is 160 g/mol. The van der Waals surface area contributed by atoms with Crippen molar-refractivity contribution in [3.05, 3.63) is 6.54 Å². The first-order chi connectivity index (χ1) is 3.30. The Morgan fingerprint density at radius 3 is 2.86 bits per heavy atom. The molecule has 0 unspecified atom stereocenters. The largest absolute Gasteiger partial charge is 0.341 e. The summed E-state index contributed by atoms with van der Waals surface area (Å²) in [7, 11) is 1.90. The predicted octanol–water partition coefficient (Wildman–Crippen LogP) is 0.721. The van der Waals surface area contributed by atoms with Crippen LogP contribution in [0.25, 0.3) is 0 Å². The third kappa shape index (κ3) is 0.938. The minimum Gasteiger partial charge on any atom is -0.341 e. The van der Waals surface area contributed by atoms with E-state index in [1.54, 1.807) is 0 Å². The highest BCUT2D eigenvalue weighted by molar-refractivity contribution is 9.18. The van der Waals surface area contributed by atoms with Crippen LogP contribution in [0.5, 0.6) is 0 Å². The van der Waals surface area contributed by atoms with Crippen LogP contribution in [0.2, 0.25) is 0 Å². The van der Waals surface area contributed by atoms with Crippen LogP contribution in [0.3, 0.4) is 0 Å². The van der Waals surface area contributed by atoms with Gasteiger partial charge < -0.3 is 4.90 Å². The maximum atomic E-state index is 3.97. The van der Waals surface area contributed by atoms with Crippen LogP contribution in [-0.2, 0) is 0 Å². The smallest absolute Gasteiger partial charge is 0.168 e. The van der Waals surface area contributed by atoms with Gasteiger partial charge in [-0.3, -0.25) is 4.99 Å². The fourth-order valence-corrected chi connectivity index (χ4v) is 0.629. The van der Waals surface area contributed by atoms with E-state index in [0.29, 0.717) is 6.54 Å². The Balaban J connectivity index is 2.54. The lowest BCUT2D eigenvalue weighted by Crippen LogP contribution is -2.12. The average molecular weight is 161 g/mol. The summed E-state index contributed by atoms with van der Waals surface area (Å²) in [6.07, 6.45) is 0. The lowest BCUT2D eigenvalue weighted by Gasteiger charge is -2.03. The molecule has 0 aliphatic carbocycles. The quantitative estimate of drug-likeness (QED) is 0.478. The Hall–Kier alpha value is -0.0500. The normalized spacial score (nSPS) is 20.3. The number of nitrogens with zero attached hydrogens (tertiary/aromatic N) is 2. The Morgan fingerprint density at radius 1 is 2.00 bits per heavy atom. The molecule has 1 rings (SSSR count). The number of aliphatic imine (C=N–C) groups is 1. The van der Waals surface area contributed by atoms with Gasteiger partial charge in [-0.25, -0.2) is 0 Å². The van der Waals surface area contributed by atoms with Crippen molar-refractivity contribution < 1.29 is 0 Å². The van der Waals surface area contributed by atoms with Crippen LogP contribution in [0, 0.1) is 6.54 Å². The Morgan fingerprint density at radius 2 is 2.71 bits per heavy atom. The van der Waals surface area contributed by atoms with E-state index in [4.69, 9.17) is 0 Å². The van der Waals surface area contributed by atoms with E-state index in [2.05, 4.69) is 27.5 Å². The fourth-order valence-electron chi connectivity index (χ4n) is 0.378. The summed E-state index contributed by atoms with van der Waals surface area (Å²) in [5.41, 5.74) is 0. The van der Waals surface area contributed by atoms with Crippen molar-refractivity contribution in [3.63, 3.8) is 0 Å². The first-order valence-electron chi connectivity index (χ1n) is 1.98. The van der Waals surface area contributed by atoms with Crippen molar-refractivity contribution >= 4 is 20.7 Å². The molecule has 0 N–H and O–H groups in total. The number of amidine groups is 1. The minimum absolute atomic E-state index is 0.692. The molecule has 0 atom stereocenters. The van der Waals surface area contributed by atoms with E-state index in [0.717, 1.165) is 4.74 Å². The predicted molar refractivity (Wildman–Crippen MR) is 32.2 cm³/mol. The summed E-state index contributed by atoms with van der Waals surface area (Å²) in [6.45, 7) is 3.64. The van der Waals surface area contributed by atoms with E-state index >= 15 is 0 Å². The molecule has 3 heteroatoms. The van der Waals surface area contributed by atoms with Crippen LogP contribution in [0.4, 0.5) is 0 Å². The van der Waals surface area contributed by atoms with Crippen LogP contribution < -0.4 is 0 Å². The second-order valence-electron chi connectivity index (χ2n) is 1.30. The van der Waals surface area contributed by atoms with Gasteiger partial charge in [0, 0.05) is 7.05 Å². The number of hydrogen-bond acceptors (Lipinski definition) is 2. The van der Waals surface area contributed by atoms with E-state index < -0.39 is 0 Å². The molecule has 0 bridgehead atoms. The fraction of sp³-hybridized carbons (Fsp3) is 0.500. The molecule has 1 aliphatic rings. The summed E-state index contributed by atoms with van der Waals surface area (Å²) in [5, 5.41) is 0. The van der Waals surface area contributed by atoms with Crippen molar-refractivity contribution in [3.8, 4) is 0 Å². The lowest BCUT2D eigenvalue weighted by molar-refractivity contribution is 0.652. The number of hydrogen-bond donors (Lipinski definition) is 0. The standard InChI is InChI=1S/C4H5BrN2/c1-7-3-2-6-4(7)5/h2H2,1H3. The van der Waals surface area contributed by atoms with Gasteiger partial charge in [0.25, 0.3) is 0 Å². The summed E-state index contributed by atoms with van der Waals surface area (Å²) >= 11 is 3.22. The maximum Gasteiger partial charge on any atom is 0.168 e. The molecule has 7 heavy (non-hydrogen) atoms. The van der Waals surface area contributed by atoms with Gasteiger partial charge in [0.05, 0.1) is 6.54 Å². The van der Waals surface area contributed by atoms with Gasteiger partial charge in [0.15, 0.2) is 4.74 Å². The van der Waals surface area contributed by atoms with E-state index in [-0.39, 0.29) is 0 Å². The Labute approximate surface area is 51.4 Å². The highest BCUT2D eigenvalue weighted by atomic mass is 79.9. The number of rotatable bonds is 0. The van der Waals surface area contributed by atoms with Crippen molar-refractivity contribution in [1.29, 1.82) is 0 Å². The van der Waals surface area contributed by atoms with Gasteiger partial charge in [-0.05, 0) is 15.9 Å². The summed E-state index contributed by atoms with van der Waals surface area (Å²) in [4.78, 5) is 5.78. The average Bonchev–Trinajstić information content (AvgIpc) is 1.91. The van der Waals surface area contributed by atoms with Crippen LogP contribution in [0.1, 0.15) is 0 Å². The second-order valence-corrected chi connectivity index (χ2v) is 2.01. The van der Waals surface area contributed by atoms with Crippen LogP contribution in [-0.4, -0.2) is 23.2 Å². The molecule has 0 aromatic rings. The maximum absolute atomic E-state index is 3.97. The van der Waals surface area contributed by atoms with Gasteiger partial charge in [-0.1, -0.05) is 0 Å². The molecule has 1 aliphatic heterocycles. The van der Waals surface area contributed by atoms with Gasteiger partial charge in [0.2, 0.25) is 0 Å². The van der Waals surface area contributed by atoms with E-state index in [1.165, 1.54) is 0 Å². The molecule has 38 valence electrons. The van der Waals surface area contributed by atoms with Gasteiger partial charge >= 0.3 is 0 Å². The van der Waals surface area contributed by atoms with Crippen molar-refractivity contribution in [1.82, 2.24) is 4.90 Å². The molecule has 0 fully saturated rings. The Bertz CT molecular complexity index is 99.9. The second kappa shape index (κ2) is 1.82. The molecule has 1 heterocycles. The highest BCUT2D eigenvalue weighted by Gasteiger charge is 2.08. The first-order valence-corrected chi connectivity index (χ1v) is 2.77. The lowest BCUT2D eigenvalue weighted by atomic mass is 10.6. The summed E-state index contributed by atoms with van der Waals surface area (Å²) < 4.78 is 0.868. The molecule has 2 nitrogen and oxygen atoms in total. The summed E-state index contributed by atoms with van der Waals surface area (Å²) in [5.74, 6) is 0. The molecule has 0 amide bonds. The molecule has 0 saturated carbocycles. The van der Waals surface area contributed by atoms with Gasteiger partial charge in [-0.15, -0.1) is 0 Å². The zero-order valence-electron chi connectivity index (χ0n) is 3.98. The number of halogens is 1. The first kappa shape index (κ1) is 5.09. The van der Waals surface area contributed by atoms with Crippen LogP contribution >= 0.6 is 15.9 Å². The van der Waals surface area contributed by atoms with E-state index in [1.807, 2.05) is 11.9 Å². The third-order valence-electron chi connectivity index (χ3n) is 0.794. The molecular formula is C4H5BrN2. The molecule has 0 aromatic carbocycles. The molecule has 0 spiro atoms. The molecule has 0 aromatic heterocycles. The van der Waals surface area contributed by atoms with Gasteiger partial charge in [-0.2, -0.15) is 0 Å². The molecular weight excluding hydrogens is 156 g/mol. The van der Waals surface area contributed by atoms with Crippen molar-refractivity contribution in [2.24, 2.45) is 4.99 Å². The minimum atomic E-state index is 0.692. The summed E-state index contributed by atoms with van der Waals surface area (Å²) in [6, 6.07) is 0. The third-order valence-corrected chi connectivity index (χ3v) is 1.58. The number of likely N-dealkylation sites (N-methyl/N-ethyl adjacent to an activating group) is 1. The van der Waals surface area contributed by atoms with Crippen molar-refractivity contribution in [2.45, 2.75) is 0 Å². The molecule has 0 saturated heterocycles. The van der Waals surface area contributed by atoms with Crippen LogP contribution in [0.15, 0.2) is 4.99 Å². The van der Waals surface area contributed by atoms with Gasteiger partial charge in [0.1, 0.15) is 6.54 Å².